The van der Waals surface area contributed by atoms with Crippen molar-refractivity contribution >= 4 is 22.6 Å². The molecule has 1 aromatic heterocycles. The average Bonchev–Trinajstić information content (AvgIpc) is 2.25. The van der Waals surface area contributed by atoms with Gasteiger partial charge in [-0.25, -0.2) is 0 Å². The minimum atomic E-state index is 0.0990. The van der Waals surface area contributed by atoms with Crippen LogP contribution in [0, 0.1) is 9.49 Å². The molecule has 0 unspecified atom stereocenters. The Hall–Kier alpha value is -0.360. The molecule has 1 aromatic rings. The minimum absolute atomic E-state index is 0.0990. The highest BCUT2D eigenvalue weighted by Crippen LogP contribution is 2.16. The normalized spacial score (nSPS) is 17.9. The second kappa shape index (κ2) is 5.12. The van der Waals surface area contributed by atoms with Crippen molar-refractivity contribution in [3.63, 3.8) is 0 Å². The summed E-state index contributed by atoms with van der Waals surface area (Å²) in [6, 6.07) is 3.49. The molecule has 0 aliphatic carbocycles. The Bertz CT molecular complexity index is 382. The summed E-state index contributed by atoms with van der Waals surface area (Å²) in [7, 11) is 0. The number of pyridine rings is 1. The number of nitrogens with zero attached hydrogens (tertiary/aromatic N) is 1. The predicted octanol–water partition coefficient (Wildman–Crippen LogP) is 1.88. The number of halogens is 1. The fraction of sp³-hybridized carbons (Fsp3) is 0.545. The molecule has 3 nitrogen and oxygen atoms in total. The van der Waals surface area contributed by atoms with E-state index in [4.69, 9.17) is 4.74 Å². The minimum Gasteiger partial charge on any atom is -0.381 e. The molecule has 1 aliphatic rings. The summed E-state index contributed by atoms with van der Waals surface area (Å²) < 4.78 is 8.23. The van der Waals surface area contributed by atoms with E-state index in [1.165, 1.54) is 0 Å². The summed E-state index contributed by atoms with van der Waals surface area (Å²) in [5.74, 6) is 0.592. The predicted molar refractivity (Wildman–Crippen MR) is 67.0 cm³/mol. The van der Waals surface area contributed by atoms with Crippen LogP contribution in [0.4, 0.5) is 0 Å². The van der Waals surface area contributed by atoms with Gasteiger partial charge < -0.3 is 9.30 Å². The van der Waals surface area contributed by atoms with Crippen molar-refractivity contribution in [3.8, 4) is 0 Å². The van der Waals surface area contributed by atoms with E-state index >= 15 is 0 Å². The molecule has 1 fully saturated rings. The summed E-state index contributed by atoms with van der Waals surface area (Å²) >= 11 is 2.23. The van der Waals surface area contributed by atoms with Crippen LogP contribution < -0.4 is 5.56 Å². The molecule has 1 saturated heterocycles. The van der Waals surface area contributed by atoms with E-state index in [9.17, 15) is 4.79 Å². The van der Waals surface area contributed by atoms with Crippen LogP contribution in [0.5, 0.6) is 0 Å². The largest absolute Gasteiger partial charge is 0.381 e. The number of aromatic nitrogens is 1. The van der Waals surface area contributed by atoms with Crippen LogP contribution in [0.3, 0.4) is 0 Å². The molecule has 2 rings (SSSR count). The zero-order valence-corrected chi connectivity index (χ0v) is 10.6. The third-order valence-corrected chi connectivity index (χ3v) is 3.38. The molecular weight excluding hydrogens is 305 g/mol. The standard InChI is InChI=1S/C11H14INO2/c12-10-1-2-11(14)13(8-10)7-9-3-5-15-6-4-9/h1-2,8-9H,3-7H2. The Morgan fingerprint density at radius 1 is 1.40 bits per heavy atom. The number of ether oxygens (including phenoxy) is 1. The topological polar surface area (TPSA) is 31.2 Å². The van der Waals surface area contributed by atoms with Gasteiger partial charge >= 0.3 is 0 Å². The number of rotatable bonds is 2. The lowest BCUT2D eigenvalue weighted by Gasteiger charge is -2.22. The van der Waals surface area contributed by atoms with Crippen LogP contribution >= 0.6 is 22.6 Å². The second-order valence-electron chi connectivity index (χ2n) is 3.89. The maximum Gasteiger partial charge on any atom is 0.250 e. The van der Waals surface area contributed by atoms with E-state index in [0.717, 1.165) is 36.2 Å². The Labute approximate surface area is 103 Å². The molecular formula is C11H14INO2. The van der Waals surface area contributed by atoms with E-state index in [1.54, 1.807) is 6.07 Å². The second-order valence-corrected chi connectivity index (χ2v) is 5.14. The maximum atomic E-state index is 11.6. The van der Waals surface area contributed by atoms with Crippen molar-refractivity contribution < 1.29 is 4.74 Å². The van der Waals surface area contributed by atoms with Crippen molar-refractivity contribution in [2.45, 2.75) is 19.4 Å². The summed E-state index contributed by atoms with van der Waals surface area (Å²) in [6.45, 7) is 2.51. The van der Waals surface area contributed by atoms with Gasteiger partial charge in [0.2, 0.25) is 0 Å². The maximum absolute atomic E-state index is 11.6. The quantitative estimate of drug-likeness (QED) is 0.780. The van der Waals surface area contributed by atoms with Crippen LogP contribution in [0.2, 0.25) is 0 Å². The lowest BCUT2D eigenvalue weighted by atomic mass is 10.0. The fourth-order valence-electron chi connectivity index (χ4n) is 1.85. The van der Waals surface area contributed by atoms with Gasteiger partial charge in [0.1, 0.15) is 0 Å². The zero-order valence-electron chi connectivity index (χ0n) is 8.49. The third-order valence-electron chi connectivity index (χ3n) is 2.74. The highest BCUT2D eigenvalue weighted by molar-refractivity contribution is 14.1. The molecule has 0 bridgehead atoms. The van der Waals surface area contributed by atoms with E-state index in [0.29, 0.717) is 5.92 Å². The molecule has 2 heterocycles. The van der Waals surface area contributed by atoms with Gasteiger partial charge in [-0.1, -0.05) is 0 Å². The van der Waals surface area contributed by atoms with E-state index in [1.807, 2.05) is 16.8 Å². The Balaban J connectivity index is 2.09. The van der Waals surface area contributed by atoms with Gasteiger partial charge in [-0.2, -0.15) is 0 Å². The van der Waals surface area contributed by atoms with E-state index in [-0.39, 0.29) is 5.56 Å². The van der Waals surface area contributed by atoms with Crippen molar-refractivity contribution in [3.05, 3.63) is 32.3 Å². The van der Waals surface area contributed by atoms with Gasteiger partial charge in [0.05, 0.1) is 0 Å². The van der Waals surface area contributed by atoms with Crippen LogP contribution in [0.25, 0.3) is 0 Å². The molecule has 0 radical (unpaired) electrons. The average molecular weight is 319 g/mol. The summed E-state index contributed by atoms with van der Waals surface area (Å²) in [5.41, 5.74) is 0.0990. The molecule has 0 amide bonds. The molecule has 82 valence electrons. The van der Waals surface area contributed by atoms with Gasteiger partial charge in [0.15, 0.2) is 0 Å². The Kier molecular flexibility index (Phi) is 3.80. The molecule has 1 aliphatic heterocycles. The van der Waals surface area contributed by atoms with Gasteiger partial charge in [-0.15, -0.1) is 0 Å². The molecule has 0 atom stereocenters. The molecule has 4 heteroatoms. The van der Waals surface area contributed by atoms with Crippen LogP contribution in [-0.2, 0) is 11.3 Å². The molecule has 0 aromatic carbocycles. The summed E-state index contributed by atoms with van der Waals surface area (Å²) in [4.78, 5) is 11.6. The highest BCUT2D eigenvalue weighted by Gasteiger charge is 2.14. The monoisotopic (exact) mass is 319 g/mol. The van der Waals surface area contributed by atoms with Crippen molar-refractivity contribution in [2.75, 3.05) is 13.2 Å². The first kappa shape index (κ1) is 11.1. The number of hydrogen-bond donors (Lipinski definition) is 0. The SMILES string of the molecule is O=c1ccc(I)cn1CC1CCOCC1. The van der Waals surface area contributed by atoms with Crippen LogP contribution in [0.1, 0.15) is 12.8 Å². The van der Waals surface area contributed by atoms with Crippen molar-refractivity contribution in [1.82, 2.24) is 4.57 Å². The lowest BCUT2D eigenvalue weighted by molar-refractivity contribution is 0.0609. The Morgan fingerprint density at radius 2 is 2.13 bits per heavy atom. The smallest absolute Gasteiger partial charge is 0.250 e. The highest BCUT2D eigenvalue weighted by atomic mass is 127. The van der Waals surface area contributed by atoms with Crippen molar-refractivity contribution in [1.29, 1.82) is 0 Å². The molecule has 0 spiro atoms. The van der Waals surface area contributed by atoms with Gasteiger partial charge in [0.25, 0.3) is 5.56 Å². The first-order valence-electron chi connectivity index (χ1n) is 5.19. The molecule has 0 saturated carbocycles. The molecule has 15 heavy (non-hydrogen) atoms. The Morgan fingerprint density at radius 3 is 2.87 bits per heavy atom. The van der Waals surface area contributed by atoms with Crippen molar-refractivity contribution in [2.24, 2.45) is 5.92 Å². The zero-order chi connectivity index (χ0) is 10.7. The van der Waals surface area contributed by atoms with Gasteiger partial charge in [0, 0.05) is 35.6 Å². The van der Waals surface area contributed by atoms with E-state index in [2.05, 4.69) is 22.6 Å². The fourth-order valence-corrected chi connectivity index (χ4v) is 2.37. The molecule has 0 N–H and O–H groups in total. The summed E-state index contributed by atoms with van der Waals surface area (Å²) in [5, 5.41) is 0. The number of hydrogen-bond acceptors (Lipinski definition) is 2. The third kappa shape index (κ3) is 3.04. The van der Waals surface area contributed by atoms with E-state index < -0.39 is 0 Å². The van der Waals surface area contributed by atoms with Crippen LogP contribution in [-0.4, -0.2) is 17.8 Å². The van der Waals surface area contributed by atoms with Gasteiger partial charge in [-0.3, -0.25) is 4.79 Å². The summed E-state index contributed by atoms with van der Waals surface area (Å²) in [6.07, 6.45) is 4.06. The first-order chi connectivity index (χ1) is 7.25. The van der Waals surface area contributed by atoms with Gasteiger partial charge in [-0.05, 0) is 47.4 Å². The lowest BCUT2D eigenvalue weighted by Crippen LogP contribution is -2.26. The van der Waals surface area contributed by atoms with Crippen LogP contribution in [0.15, 0.2) is 23.1 Å². The first-order valence-corrected chi connectivity index (χ1v) is 6.27.